The first-order valence-electron chi connectivity index (χ1n) is 9.88. The van der Waals surface area contributed by atoms with Gasteiger partial charge in [-0.3, -0.25) is 9.78 Å². The van der Waals surface area contributed by atoms with Crippen LogP contribution in [0.25, 0.3) is 16.8 Å². The monoisotopic (exact) mass is 414 g/mol. The molecule has 4 aromatic rings. The predicted octanol–water partition coefficient (Wildman–Crippen LogP) is 2.50. The van der Waals surface area contributed by atoms with Gasteiger partial charge in [-0.2, -0.15) is 4.68 Å². The van der Waals surface area contributed by atoms with Crippen molar-refractivity contribution in [2.45, 2.75) is 26.8 Å². The molecule has 31 heavy (non-hydrogen) atoms. The standard InChI is InChI=1S/C22H22N8O/c1-3-21-27-28-29-30(21)19-9-16(15-6-4-14(2)5-7-15)8-17(10-19)22(31)26-12-18-11-25-20(23)13-24-18/h4-11,13H,3,12H2,1-2H3,(H2,23,25)(H,26,31). The number of nitrogens with one attached hydrogen (secondary N) is 1. The van der Waals surface area contributed by atoms with Crippen LogP contribution in [0.5, 0.6) is 0 Å². The number of aryl methyl sites for hydroxylation is 2. The fourth-order valence-electron chi connectivity index (χ4n) is 3.13. The first-order chi connectivity index (χ1) is 15.0. The number of carbonyl (C=O) groups is 1. The molecule has 2 aromatic heterocycles. The van der Waals surface area contributed by atoms with E-state index in [1.807, 2.05) is 50.2 Å². The summed E-state index contributed by atoms with van der Waals surface area (Å²) in [5.41, 5.74) is 10.4. The smallest absolute Gasteiger partial charge is 0.251 e. The average Bonchev–Trinajstić information content (AvgIpc) is 3.28. The molecule has 0 radical (unpaired) electrons. The molecule has 0 unspecified atom stereocenters. The van der Waals surface area contributed by atoms with E-state index in [1.165, 1.54) is 6.20 Å². The Bertz CT molecular complexity index is 1200. The summed E-state index contributed by atoms with van der Waals surface area (Å²) in [6, 6.07) is 13.7. The van der Waals surface area contributed by atoms with Crippen molar-refractivity contribution in [2.24, 2.45) is 0 Å². The molecule has 0 saturated carbocycles. The maximum absolute atomic E-state index is 13.0. The van der Waals surface area contributed by atoms with Gasteiger partial charge in [0.2, 0.25) is 0 Å². The van der Waals surface area contributed by atoms with Gasteiger partial charge in [-0.25, -0.2) is 4.98 Å². The van der Waals surface area contributed by atoms with E-state index in [4.69, 9.17) is 5.73 Å². The lowest BCUT2D eigenvalue weighted by Gasteiger charge is -2.12. The molecule has 0 aliphatic rings. The quantitative estimate of drug-likeness (QED) is 0.497. The molecule has 156 valence electrons. The Morgan fingerprint density at radius 2 is 1.87 bits per heavy atom. The molecular weight excluding hydrogens is 392 g/mol. The molecule has 1 amide bonds. The van der Waals surface area contributed by atoms with Crippen LogP contribution in [0, 0.1) is 6.92 Å². The Balaban J connectivity index is 1.69. The maximum atomic E-state index is 13.0. The van der Waals surface area contributed by atoms with Gasteiger partial charge in [0.15, 0.2) is 5.82 Å². The minimum absolute atomic E-state index is 0.236. The summed E-state index contributed by atoms with van der Waals surface area (Å²) in [5.74, 6) is 0.809. The van der Waals surface area contributed by atoms with E-state index >= 15 is 0 Å². The van der Waals surface area contributed by atoms with Crippen molar-refractivity contribution in [2.75, 3.05) is 5.73 Å². The van der Waals surface area contributed by atoms with Crippen LogP contribution in [0.1, 0.15) is 34.4 Å². The fraction of sp³-hybridized carbons (Fsp3) is 0.182. The van der Waals surface area contributed by atoms with Crippen molar-refractivity contribution in [1.29, 1.82) is 0 Å². The van der Waals surface area contributed by atoms with Crippen LogP contribution >= 0.6 is 0 Å². The Labute approximate surface area is 179 Å². The molecule has 9 nitrogen and oxygen atoms in total. The van der Waals surface area contributed by atoms with Crippen molar-refractivity contribution in [1.82, 2.24) is 35.5 Å². The fourth-order valence-corrected chi connectivity index (χ4v) is 3.13. The first kappa shape index (κ1) is 20.1. The zero-order valence-electron chi connectivity index (χ0n) is 17.3. The maximum Gasteiger partial charge on any atom is 0.251 e. The molecule has 0 fully saturated rings. The molecule has 3 N–H and O–H groups in total. The van der Waals surface area contributed by atoms with Gasteiger partial charge in [0.25, 0.3) is 5.91 Å². The van der Waals surface area contributed by atoms with Crippen molar-refractivity contribution >= 4 is 11.7 Å². The van der Waals surface area contributed by atoms with Gasteiger partial charge < -0.3 is 11.1 Å². The summed E-state index contributed by atoms with van der Waals surface area (Å²) >= 11 is 0. The number of benzene rings is 2. The van der Waals surface area contributed by atoms with Crippen LogP contribution < -0.4 is 11.1 Å². The van der Waals surface area contributed by atoms with Gasteiger partial charge in [-0.1, -0.05) is 36.8 Å². The van der Waals surface area contributed by atoms with Gasteiger partial charge in [0.05, 0.1) is 30.3 Å². The number of tetrazole rings is 1. The second kappa shape index (κ2) is 8.70. The summed E-state index contributed by atoms with van der Waals surface area (Å²) in [6.07, 6.45) is 3.67. The number of nitrogens with two attached hydrogens (primary N) is 1. The molecule has 0 atom stereocenters. The lowest BCUT2D eigenvalue weighted by molar-refractivity contribution is 0.0950. The van der Waals surface area contributed by atoms with E-state index in [9.17, 15) is 4.79 Å². The number of nitrogens with zero attached hydrogens (tertiary/aromatic N) is 6. The van der Waals surface area contributed by atoms with Gasteiger partial charge in [-0.15, -0.1) is 5.10 Å². The van der Waals surface area contributed by atoms with E-state index in [0.29, 0.717) is 29.3 Å². The number of nitrogen functional groups attached to an aromatic ring is 1. The Morgan fingerprint density at radius 1 is 1.06 bits per heavy atom. The minimum Gasteiger partial charge on any atom is -0.382 e. The van der Waals surface area contributed by atoms with Gasteiger partial charge >= 0.3 is 0 Å². The first-order valence-corrected chi connectivity index (χ1v) is 9.88. The lowest BCUT2D eigenvalue weighted by Crippen LogP contribution is -2.23. The van der Waals surface area contributed by atoms with Crippen molar-refractivity contribution in [3.63, 3.8) is 0 Å². The average molecular weight is 414 g/mol. The summed E-state index contributed by atoms with van der Waals surface area (Å²) in [4.78, 5) is 21.1. The van der Waals surface area contributed by atoms with Gasteiger partial charge in [0, 0.05) is 12.0 Å². The Kier molecular flexibility index (Phi) is 5.65. The summed E-state index contributed by atoms with van der Waals surface area (Å²) in [6.45, 7) is 4.25. The van der Waals surface area contributed by atoms with Crippen molar-refractivity contribution < 1.29 is 4.79 Å². The highest BCUT2D eigenvalue weighted by atomic mass is 16.1. The second-order valence-electron chi connectivity index (χ2n) is 7.11. The number of aromatic nitrogens is 6. The topological polar surface area (TPSA) is 124 Å². The van der Waals surface area contributed by atoms with Crippen LogP contribution in [0.15, 0.2) is 54.9 Å². The molecule has 4 rings (SSSR count). The molecular formula is C22H22N8O. The minimum atomic E-state index is -0.236. The second-order valence-corrected chi connectivity index (χ2v) is 7.11. The number of anilines is 1. The molecule has 0 saturated heterocycles. The summed E-state index contributed by atoms with van der Waals surface area (Å²) < 4.78 is 1.65. The van der Waals surface area contributed by atoms with E-state index in [0.717, 1.165) is 22.4 Å². The highest BCUT2D eigenvalue weighted by Gasteiger charge is 2.14. The molecule has 0 aliphatic heterocycles. The molecule has 0 bridgehead atoms. The number of rotatable bonds is 6. The molecule has 2 heterocycles. The lowest BCUT2D eigenvalue weighted by atomic mass is 10.0. The molecule has 0 aliphatic carbocycles. The predicted molar refractivity (Wildman–Crippen MR) is 116 cm³/mol. The Morgan fingerprint density at radius 3 is 2.58 bits per heavy atom. The van der Waals surface area contributed by atoms with E-state index in [-0.39, 0.29) is 12.5 Å². The van der Waals surface area contributed by atoms with Gasteiger partial charge in [0.1, 0.15) is 5.82 Å². The molecule has 2 aromatic carbocycles. The van der Waals surface area contributed by atoms with E-state index in [1.54, 1.807) is 16.9 Å². The SMILES string of the molecule is CCc1nnnn1-c1cc(C(=O)NCc2cnc(N)cn2)cc(-c2ccc(C)cc2)c1. The third-order valence-electron chi connectivity index (χ3n) is 4.82. The van der Waals surface area contributed by atoms with Crippen LogP contribution in [0.3, 0.4) is 0 Å². The van der Waals surface area contributed by atoms with Crippen LogP contribution in [0.4, 0.5) is 5.82 Å². The highest BCUT2D eigenvalue weighted by Crippen LogP contribution is 2.25. The normalized spacial score (nSPS) is 10.8. The molecule has 0 spiro atoms. The number of hydrogen-bond acceptors (Lipinski definition) is 7. The number of amides is 1. The van der Waals surface area contributed by atoms with E-state index in [2.05, 4.69) is 30.8 Å². The highest BCUT2D eigenvalue weighted by molar-refractivity contribution is 5.96. The van der Waals surface area contributed by atoms with Crippen LogP contribution in [-0.4, -0.2) is 36.1 Å². The summed E-state index contributed by atoms with van der Waals surface area (Å²) in [5, 5.41) is 14.8. The summed E-state index contributed by atoms with van der Waals surface area (Å²) in [7, 11) is 0. The zero-order valence-corrected chi connectivity index (χ0v) is 17.3. The largest absolute Gasteiger partial charge is 0.382 e. The third kappa shape index (κ3) is 4.55. The van der Waals surface area contributed by atoms with Gasteiger partial charge in [-0.05, 0) is 46.7 Å². The zero-order chi connectivity index (χ0) is 21.8. The number of hydrogen-bond donors (Lipinski definition) is 2. The van der Waals surface area contributed by atoms with Crippen molar-refractivity contribution in [3.05, 3.63) is 77.5 Å². The van der Waals surface area contributed by atoms with Crippen LogP contribution in [0.2, 0.25) is 0 Å². The Hall–Kier alpha value is -4.14. The third-order valence-corrected chi connectivity index (χ3v) is 4.82. The number of carbonyl (C=O) groups excluding carboxylic acids is 1. The van der Waals surface area contributed by atoms with Crippen molar-refractivity contribution in [3.8, 4) is 16.8 Å². The van der Waals surface area contributed by atoms with Crippen LogP contribution in [-0.2, 0) is 13.0 Å². The molecule has 9 heteroatoms. The van der Waals surface area contributed by atoms with E-state index < -0.39 is 0 Å².